The summed E-state index contributed by atoms with van der Waals surface area (Å²) in [7, 11) is 4.06. The van der Waals surface area contributed by atoms with Crippen LogP contribution in [0.5, 0.6) is 5.75 Å². The number of nitrogens with one attached hydrogen (secondary N) is 1. The number of aliphatic imine (C=N–C) groups is 1. The maximum absolute atomic E-state index is 13.7. The van der Waals surface area contributed by atoms with Gasteiger partial charge in [0.2, 0.25) is 5.95 Å². The summed E-state index contributed by atoms with van der Waals surface area (Å²) in [6.45, 7) is 1.77. The molecule has 0 fully saturated rings. The fourth-order valence-electron chi connectivity index (χ4n) is 3.69. The average molecular weight is 514 g/mol. The Morgan fingerprint density at radius 3 is 2.73 bits per heavy atom. The number of hydrogen-bond donors (Lipinski definition) is 3. The van der Waals surface area contributed by atoms with E-state index in [1.165, 1.54) is 29.1 Å². The van der Waals surface area contributed by atoms with E-state index < -0.39 is 11.4 Å². The molecule has 0 aliphatic rings. The summed E-state index contributed by atoms with van der Waals surface area (Å²) >= 11 is 0. The second-order valence-electron chi connectivity index (χ2n) is 8.19. The Labute approximate surface area is 213 Å². The van der Waals surface area contributed by atoms with E-state index in [1.807, 2.05) is 0 Å². The molecule has 37 heavy (non-hydrogen) atoms. The lowest BCUT2D eigenvalue weighted by Gasteiger charge is -2.17. The average Bonchev–Trinajstić information content (AvgIpc) is 2.85. The number of aromatic nitrogens is 4. The lowest BCUT2D eigenvalue weighted by Crippen LogP contribution is -2.41. The van der Waals surface area contributed by atoms with Crippen LogP contribution in [-0.2, 0) is 6.54 Å². The van der Waals surface area contributed by atoms with E-state index in [0.717, 1.165) is 10.1 Å². The molecule has 0 amide bonds. The van der Waals surface area contributed by atoms with Crippen molar-refractivity contribution in [1.29, 1.82) is 5.26 Å². The van der Waals surface area contributed by atoms with Crippen LogP contribution in [0.3, 0.4) is 0 Å². The van der Waals surface area contributed by atoms with Gasteiger partial charge in [0.15, 0.2) is 0 Å². The smallest absolute Gasteiger partial charge is 0.359 e. The van der Waals surface area contributed by atoms with E-state index >= 15 is 0 Å². The number of anilines is 3. The van der Waals surface area contributed by atoms with Gasteiger partial charge in [-0.2, -0.15) is 10.2 Å². The van der Waals surface area contributed by atoms with Gasteiger partial charge in [-0.25, -0.2) is 14.2 Å². The van der Waals surface area contributed by atoms with E-state index in [4.69, 9.17) is 5.73 Å². The fourth-order valence-corrected chi connectivity index (χ4v) is 3.93. The molecule has 4 aromatic rings. The van der Waals surface area contributed by atoms with Gasteiger partial charge >= 0.3 is 11.4 Å². The summed E-state index contributed by atoms with van der Waals surface area (Å²) in [5.74, 6) is -0.322. The van der Waals surface area contributed by atoms with E-state index in [0.29, 0.717) is 27.7 Å². The number of pyridine rings is 1. The van der Waals surface area contributed by atoms with Crippen molar-refractivity contribution in [2.75, 3.05) is 18.1 Å². The summed E-state index contributed by atoms with van der Waals surface area (Å²) in [5.41, 5.74) is 7.47. The van der Waals surface area contributed by atoms with E-state index in [-0.39, 0.29) is 29.6 Å². The third-order valence-corrected chi connectivity index (χ3v) is 5.99. The number of aryl methyl sites for hydroxylation is 1. The maximum atomic E-state index is 13.7. The molecule has 0 aliphatic carbocycles. The number of rotatable bonds is 6. The van der Waals surface area contributed by atoms with Gasteiger partial charge in [-0.3, -0.25) is 14.5 Å². The van der Waals surface area contributed by atoms with Gasteiger partial charge < -0.3 is 16.2 Å². The molecule has 1 atom stereocenters. The quantitative estimate of drug-likeness (QED) is 0.151. The Balaban J connectivity index is 1.92. The summed E-state index contributed by atoms with van der Waals surface area (Å²) in [6.07, 6.45) is 4.51. The zero-order valence-corrected chi connectivity index (χ0v) is 21.2. The van der Waals surface area contributed by atoms with Crippen molar-refractivity contribution in [2.45, 2.75) is 13.5 Å². The number of nitrogens with two attached hydrogens (primary N) is 1. The topological polar surface area (TPSA) is 164 Å². The first-order valence-corrected chi connectivity index (χ1v) is 11.6. The summed E-state index contributed by atoms with van der Waals surface area (Å²) in [5, 5.41) is 23.5. The first-order valence-electron chi connectivity index (χ1n) is 11.0. The largest absolute Gasteiger partial charge is 0.506 e. The van der Waals surface area contributed by atoms with Gasteiger partial charge in [-0.1, -0.05) is 12.1 Å². The van der Waals surface area contributed by atoms with Crippen LogP contribution in [-0.4, -0.2) is 37.5 Å². The van der Waals surface area contributed by atoms with Crippen LogP contribution in [0.2, 0.25) is 0 Å². The maximum Gasteiger partial charge on any atom is 0.359 e. The SMILES string of the molecule is CN=Cc1cc(Nc2nc(=O)n(-c3cncc(C)c3)c(=O)n2Cc2ccc(P)c(C#N)c2)c(O)cc1N. The van der Waals surface area contributed by atoms with Crippen molar-refractivity contribution in [3.63, 3.8) is 0 Å². The predicted octanol–water partition coefficient (Wildman–Crippen LogP) is 1.60. The van der Waals surface area contributed by atoms with Crippen LogP contribution in [0.25, 0.3) is 5.69 Å². The van der Waals surface area contributed by atoms with Crippen molar-refractivity contribution >= 4 is 38.1 Å². The zero-order chi connectivity index (χ0) is 26.7. The lowest BCUT2D eigenvalue weighted by molar-refractivity contribution is 0.478. The number of benzene rings is 2. The molecule has 0 saturated heterocycles. The minimum atomic E-state index is -0.834. The van der Waals surface area contributed by atoms with Gasteiger partial charge in [0, 0.05) is 36.8 Å². The molecule has 4 rings (SSSR count). The van der Waals surface area contributed by atoms with Crippen LogP contribution in [0.4, 0.5) is 17.3 Å². The van der Waals surface area contributed by atoms with E-state index in [1.54, 1.807) is 44.4 Å². The molecule has 4 N–H and O–H groups in total. The van der Waals surface area contributed by atoms with Gasteiger partial charge in [0.05, 0.1) is 35.7 Å². The Hall–Kier alpha value is -4.81. The van der Waals surface area contributed by atoms with Crippen LogP contribution in [0, 0.1) is 18.3 Å². The summed E-state index contributed by atoms with van der Waals surface area (Å²) in [6, 6.07) is 11.8. The van der Waals surface area contributed by atoms with Gasteiger partial charge in [-0.05, 0) is 41.6 Å². The standard InChI is InChI=1S/C25H23N8O3P/c1-14-5-18(12-29-10-14)33-24(35)31-23(30-20-7-17(11-28-2)19(27)8-21(20)34)32(25(33)36)13-15-3-4-22(37)16(6-15)9-26/h3-8,10-12,34H,13,27,37H2,1-2H3,(H,30,31,35). The predicted molar refractivity (Wildman–Crippen MR) is 146 cm³/mol. The molecular formula is C25H23N8O3P. The molecule has 0 spiro atoms. The van der Waals surface area contributed by atoms with Gasteiger partial charge in [-0.15, -0.1) is 9.24 Å². The minimum absolute atomic E-state index is 0.0215. The molecular weight excluding hydrogens is 491 g/mol. The number of aromatic hydroxyl groups is 1. The molecule has 2 heterocycles. The van der Waals surface area contributed by atoms with E-state index in [2.05, 4.69) is 35.6 Å². The third kappa shape index (κ3) is 5.24. The van der Waals surface area contributed by atoms with Crippen molar-refractivity contribution in [3.8, 4) is 17.5 Å². The lowest BCUT2D eigenvalue weighted by atomic mass is 10.1. The highest BCUT2D eigenvalue weighted by Gasteiger charge is 2.18. The first-order chi connectivity index (χ1) is 17.7. The molecule has 0 radical (unpaired) electrons. The van der Waals surface area contributed by atoms with Crippen LogP contribution in [0.1, 0.15) is 22.3 Å². The normalized spacial score (nSPS) is 11.0. The molecule has 0 aliphatic heterocycles. The number of hydrogen-bond acceptors (Lipinski definition) is 9. The van der Waals surface area contributed by atoms with Crippen molar-refractivity contribution in [3.05, 3.63) is 92.0 Å². The van der Waals surface area contributed by atoms with Crippen molar-refractivity contribution in [2.24, 2.45) is 4.99 Å². The molecule has 186 valence electrons. The third-order valence-electron chi connectivity index (χ3n) is 5.48. The second-order valence-corrected chi connectivity index (χ2v) is 8.81. The Kier molecular flexibility index (Phi) is 7.13. The fraction of sp³-hybridized carbons (Fsp3) is 0.120. The molecule has 0 saturated carbocycles. The highest BCUT2D eigenvalue weighted by Crippen LogP contribution is 2.30. The molecule has 2 aromatic heterocycles. The highest BCUT2D eigenvalue weighted by atomic mass is 31.0. The Morgan fingerprint density at radius 2 is 2.03 bits per heavy atom. The zero-order valence-electron chi connectivity index (χ0n) is 20.0. The van der Waals surface area contributed by atoms with E-state index in [9.17, 15) is 20.0 Å². The molecule has 12 heteroatoms. The Morgan fingerprint density at radius 1 is 1.24 bits per heavy atom. The van der Waals surface area contributed by atoms with Crippen LogP contribution in [0.15, 0.2) is 63.4 Å². The molecule has 1 unspecified atom stereocenters. The summed E-state index contributed by atoms with van der Waals surface area (Å²) < 4.78 is 2.16. The first kappa shape index (κ1) is 25.3. The van der Waals surface area contributed by atoms with Gasteiger partial charge in [0.1, 0.15) is 5.75 Å². The summed E-state index contributed by atoms with van der Waals surface area (Å²) in [4.78, 5) is 38.9. The monoisotopic (exact) mass is 514 g/mol. The highest BCUT2D eigenvalue weighted by molar-refractivity contribution is 7.27. The van der Waals surface area contributed by atoms with Crippen LogP contribution < -0.4 is 27.7 Å². The molecule has 0 bridgehead atoms. The molecule has 2 aromatic carbocycles. The second kappa shape index (κ2) is 10.4. The Bertz CT molecular complexity index is 1700. The number of nitriles is 1. The number of phenols is 1. The number of nitrogens with zero attached hydrogens (tertiary/aromatic N) is 6. The van der Waals surface area contributed by atoms with Crippen molar-refractivity contribution < 1.29 is 5.11 Å². The van der Waals surface area contributed by atoms with Crippen molar-refractivity contribution in [1.82, 2.24) is 19.1 Å². The number of nitrogen functional groups attached to an aromatic ring is 1. The molecule has 11 nitrogen and oxygen atoms in total. The van der Waals surface area contributed by atoms with Crippen LogP contribution >= 0.6 is 9.24 Å². The van der Waals surface area contributed by atoms with Gasteiger partial charge in [0.25, 0.3) is 0 Å². The minimum Gasteiger partial charge on any atom is -0.506 e. The number of phenolic OH excluding ortho intramolecular Hbond substituents is 1.